The van der Waals surface area contributed by atoms with Crippen LogP contribution in [0.5, 0.6) is 0 Å². The van der Waals surface area contributed by atoms with Gasteiger partial charge >= 0.3 is 0 Å². The van der Waals surface area contributed by atoms with Gasteiger partial charge < -0.3 is 9.84 Å². The third-order valence-corrected chi connectivity index (χ3v) is 3.36. The molecule has 0 aliphatic heterocycles. The third-order valence-electron chi connectivity index (χ3n) is 2.83. The molecule has 90 valence electrons. The van der Waals surface area contributed by atoms with Gasteiger partial charge in [-0.25, -0.2) is 0 Å². The Morgan fingerprint density at radius 3 is 2.38 bits per heavy atom. The lowest BCUT2D eigenvalue weighted by Crippen LogP contribution is -2.23. The molecular weight excluding hydrogens is 268 g/mol. The zero-order valence-corrected chi connectivity index (χ0v) is 11.6. The molecule has 0 bridgehead atoms. The second kappa shape index (κ2) is 5.80. The Hall–Kier alpha value is -0.380. The van der Waals surface area contributed by atoms with Crippen molar-refractivity contribution < 1.29 is 9.84 Å². The van der Waals surface area contributed by atoms with E-state index < -0.39 is 6.10 Å². The minimum absolute atomic E-state index is 0.170. The number of rotatable bonds is 5. The number of halogens is 1. The van der Waals surface area contributed by atoms with Crippen LogP contribution in [0.15, 0.2) is 28.7 Å². The van der Waals surface area contributed by atoms with Crippen LogP contribution in [0.3, 0.4) is 0 Å². The van der Waals surface area contributed by atoms with Crippen LogP contribution in [0.4, 0.5) is 0 Å². The molecule has 1 atom stereocenters. The summed E-state index contributed by atoms with van der Waals surface area (Å²) in [7, 11) is 1.70. The highest BCUT2D eigenvalue weighted by molar-refractivity contribution is 9.10. The van der Waals surface area contributed by atoms with Crippen molar-refractivity contribution in [3.63, 3.8) is 0 Å². The van der Waals surface area contributed by atoms with Crippen LogP contribution in [-0.2, 0) is 4.74 Å². The monoisotopic (exact) mass is 286 g/mol. The van der Waals surface area contributed by atoms with Crippen molar-refractivity contribution >= 4 is 15.9 Å². The van der Waals surface area contributed by atoms with E-state index in [0.29, 0.717) is 6.42 Å². The maximum atomic E-state index is 10.00. The van der Waals surface area contributed by atoms with Crippen molar-refractivity contribution in [3.8, 4) is 0 Å². The Labute approximate surface area is 106 Å². The first-order valence-corrected chi connectivity index (χ1v) is 6.22. The summed E-state index contributed by atoms with van der Waals surface area (Å²) in [5.41, 5.74) is 0.784. The lowest BCUT2D eigenvalue weighted by atomic mass is 9.97. The Morgan fingerprint density at radius 1 is 1.31 bits per heavy atom. The number of aliphatic hydroxyl groups excluding tert-OH is 1. The summed E-state index contributed by atoms with van der Waals surface area (Å²) in [6.07, 6.45) is 1.13. The smallest absolute Gasteiger partial charge is 0.0791 e. The second-order valence-corrected chi connectivity index (χ2v) is 5.49. The molecule has 2 nitrogen and oxygen atoms in total. The molecule has 0 heterocycles. The van der Waals surface area contributed by atoms with Gasteiger partial charge in [0.15, 0.2) is 0 Å². The Morgan fingerprint density at radius 2 is 1.88 bits per heavy atom. The lowest BCUT2D eigenvalue weighted by molar-refractivity contribution is 0.00279. The van der Waals surface area contributed by atoms with Gasteiger partial charge in [0.1, 0.15) is 0 Å². The standard InChI is InChI=1S/C13H19BrO2/c1-13(2,16-3)9-8-12(15)10-4-6-11(14)7-5-10/h4-7,12,15H,8-9H2,1-3H3. The maximum absolute atomic E-state index is 10.00. The predicted molar refractivity (Wildman–Crippen MR) is 69.4 cm³/mol. The minimum Gasteiger partial charge on any atom is -0.388 e. The molecular formula is C13H19BrO2. The highest BCUT2D eigenvalue weighted by Crippen LogP contribution is 2.25. The van der Waals surface area contributed by atoms with Crippen LogP contribution in [-0.4, -0.2) is 17.8 Å². The number of ether oxygens (including phenoxy) is 1. The largest absolute Gasteiger partial charge is 0.388 e. The van der Waals surface area contributed by atoms with E-state index in [2.05, 4.69) is 15.9 Å². The summed E-state index contributed by atoms with van der Waals surface area (Å²) in [4.78, 5) is 0. The number of methoxy groups -OCH3 is 1. The average molecular weight is 287 g/mol. The van der Waals surface area contributed by atoms with Crippen LogP contribution < -0.4 is 0 Å². The van der Waals surface area contributed by atoms with E-state index in [9.17, 15) is 5.11 Å². The van der Waals surface area contributed by atoms with Gasteiger partial charge in [0.05, 0.1) is 11.7 Å². The molecule has 16 heavy (non-hydrogen) atoms. The number of benzene rings is 1. The summed E-state index contributed by atoms with van der Waals surface area (Å²) in [5.74, 6) is 0. The van der Waals surface area contributed by atoms with E-state index in [4.69, 9.17) is 4.74 Å². The van der Waals surface area contributed by atoms with E-state index in [0.717, 1.165) is 16.5 Å². The second-order valence-electron chi connectivity index (χ2n) is 4.57. The molecule has 1 aromatic rings. The fourth-order valence-electron chi connectivity index (χ4n) is 1.44. The van der Waals surface area contributed by atoms with Gasteiger partial charge in [-0.3, -0.25) is 0 Å². The third kappa shape index (κ3) is 4.24. The first-order chi connectivity index (χ1) is 7.44. The summed E-state index contributed by atoms with van der Waals surface area (Å²) in [6.45, 7) is 4.06. The summed E-state index contributed by atoms with van der Waals surface area (Å²) < 4.78 is 6.35. The zero-order valence-electron chi connectivity index (χ0n) is 10.0. The van der Waals surface area contributed by atoms with Gasteiger partial charge in [0.25, 0.3) is 0 Å². The summed E-state index contributed by atoms with van der Waals surface area (Å²) in [5, 5.41) is 10.00. The van der Waals surface area contributed by atoms with E-state index in [1.165, 1.54) is 0 Å². The van der Waals surface area contributed by atoms with E-state index in [-0.39, 0.29) is 5.60 Å². The highest BCUT2D eigenvalue weighted by Gasteiger charge is 2.18. The SMILES string of the molecule is COC(C)(C)CCC(O)c1ccc(Br)cc1. The topological polar surface area (TPSA) is 29.5 Å². The van der Waals surface area contributed by atoms with E-state index >= 15 is 0 Å². The van der Waals surface area contributed by atoms with Crippen molar-refractivity contribution in [3.05, 3.63) is 34.3 Å². The molecule has 1 rings (SSSR count). The van der Waals surface area contributed by atoms with Crippen molar-refractivity contribution in [2.75, 3.05) is 7.11 Å². The fraction of sp³-hybridized carbons (Fsp3) is 0.538. The first-order valence-electron chi connectivity index (χ1n) is 5.43. The molecule has 3 heteroatoms. The van der Waals surface area contributed by atoms with Gasteiger partial charge in [-0.2, -0.15) is 0 Å². The first kappa shape index (κ1) is 13.7. The molecule has 0 aliphatic carbocycles. The Bertz CT molecular complexity index is 319. The van der Waals surface area contributed by atoms with Crippen molar-refractivity contribution in [2.24, 2.45) is 0 Å². The van der Waals surface area contributed by atoms with Gasteiger partial charge in [-0.15, -0.1) is 0 Å². The molecule has 0 aromatic heterocycles. The normalized spacial score (nSPS) is 13.8. The molecule has 0 aliphatic rings. The van der Waals surface area contributed by atoms with Crippen LogP contribution in [0.25, 0.3) is 0 Å². The van der Waals surface area contributed by atoms with Crippen LogP contribution in [0.2, 0.25) is 0 Å². The molecule has 0 saturated carbocycles. The minimum atomic E-state index is -0.414. The molecule has 0 saturated heterocycles. The predicted octanol–water partition coefficient (Wildman–Crippen LogP) is 3.69. The van der Waals surface area contributed by atoms with Gasteiger partial charge in [0, 0.05) is 11.6 Å². The van der Waals surface area contributed by atoms with E-state index in [1.54, 1.807) is 7.11 Å². The van der Waals surface area contributed by atoms with Crippen molar-refractivity contribution in [1.82, 2.24) is 0 Å². The number of aliphatic hydroxyl groups is 1. The van der Waals surface area contributed by atoms with Crippen LogP contribution in [0, 0.1) is 0 Å². The molecule has 1 unspecified atom stereocenters. The van der Waals surface area contributed by atoms with Gasteiger partial charge in [-0.05, 0) is 44.4 Å². The number of hydrogen-bond acceptors (Lipinski definition) is 2. The molecule has 0 radical (unpaired) electrons. The van der Waals surface area contributed by atoms with Crippen LogP contribution in [0.1, 0.15) is 38.4 Å². The highest BCUT2D eigenvalue weighted by atomic mass is 79.9. The Balaban J connectivity index is 2.53. The maximum Gasteiger partial charge on any atom is 0.0791 e. The quantitative estimate of drug-likeness (QED) is 0.895. The Kier molecular flexibility index (Phi) is 4.96. The molecule has 1 N–H and O–H groups in total. The molecule has 0 spiro atoms. The van der Waals surface area contributed by atoms with Crippen molar-refractivity contribution in [2.45, 2.75) is 38.4 Å². The summed E-state index contributed by atoms with van der Waals surface area (Å²) in [6, 6.07) is 7.77. The molecule has 0 fully saturated rings. The average Bonchev–Trinajstić information content (AvgIpc) is 2.27. The van der Waals surface area contributed by atoms with Gasteiger partial charge in [-0.1, -0.05) is 28.1 Å². The van der Waals surface area contributed by atoms with E-state index in [1.807, 2.05) is 38.1 Å². The van der Waals surface area contributed by atoms with Crippen LogP contribution >= 0.6 is 15.9 Å². The molecule has 1 aromatic carbocycles. The molecule has 0 amide bonds. The lowest BCUT2D eigenvalue weighted by Gasteiger charge is -2.24. The fourth-order valence-corrected chi connectivity index (χ4v) is 1.70. The summed E-state index contributed by atoms with van der Waals surface area (Å²) >= 11 is 3.37. The zero-order chi connectivity index (χ0) is 12.2. The van der Waals surface area contributed by atoms with Crippen molar-refractivity contribution in [1.29, 1.82) is 0 Å². The number of hydrogen-bond donors (Lipinski definition) is 1. The van der Waals surface area contributed by atoms with Gasteiger partial charge in [0.2, 0.25) is 0 Å².